The molecular formula is C11H13ClO5S. The molecule has 0 aliphatic heterocycles. The van der Waals surface area contributed by atoms with E-state index in [2.05, 4.69) is 0 Å². The number of halogens is 1. The Bertz CT molecular complexity index is 551. The van der Waals surface area contributed by atoms with Crippen LogP contribution >= 0.6 is 10.7 Å². The van der Waals surface area contributed by atoms with Crippen molar-refractivity contribution in [1.82, 2.24) is 0 Å². The summed E-state index contributed by atoms with van der Waals surface area (Å²) in [4.78, 5) is 11.4. The fourth-order valence-corrected chi connectivity index (χ4v) is 2.65. The molecular weight excluding hydrogens is 280 g/mol. The first kappa shape index (κ1) is 14.8. The Balaban J connectivity index is 3.41. The average molecular weight is 293 g/mol. The van der Waals surface area contributed by atoms with Crippen LogP contribution in [0, 0.1) is 0 Å². The van der Waals surface area contributed by atoms with Crippen LogP contribution in [0.15, 0.2) is 23.1 Å². The smallest absolute Gasteiger partial charge is 0.339 e. The zero-order valence-electron chi connectivity index (χ0n) is 10.1. The maximum absolute atomic E-state index is 11.8. The van der Waals surface area contributed by atoms with Crippen molar-refractivity contribution in [1.29, 1.82) is 0 Å². The molecule has 0 atom stereocenters. The summed E-state index contributed by atoms with van der Waals surface area (Å²) in [6.07, 6.45) is -0.366. The predicted molar refractivity (Wildman–Crippen MR) is 66.6 cm³/mol. The highest BCUT2D eigenvalue weighted by molar-refractivity contribution is 8.13. The molecule has 1 aromatic carbocycles. The van der Waals surface area contributed by atoms with E-state index >= 15 is 0 Å². The summed E-state index contributed by atoms with van der Waals surface area (Å²) in [6, 6.07) is 4.21. The highest BCUT2D eigenvalue weighted by Crippen LogP contribution is 2.30. The summed E-state index contributed by atoms with van der Waals surface area (Å²) in [5.41, 5.74) is -0.141. The minimum atomic E-state index is -4.11. The minimum absolute atomic E-state index is 0.00297. The Labute approximate surface area is 110 Å². The molecule has 0 heterocycles. The number of ether oxygens (including phenoxy) is 2. The lowest BCUT2D eigenvalue weighted by Crippen LogP contribution is -2.15. The van der Waals surface area contributed by atoms with Crippen LogP contribution in [0.5, 0.6) is 5.75 Å². The molecule has 0 fully saturated rings. The summed E-state index contributed by atoms with van der Waals surface area (Å²) >= 11 is 0. The van der Waals surface area contributed by atoms with E-state index in [1.165, 1.54) is 25.3 Å². The molecule has 0 bridgehead atoms. The van der Waals surface area contributed by atoms with Gasteiger partial charge in [-0.15, -0.1) is 0 Å². The maximum atomic E-state index is 11.8. The summed E-state index contributed by atoms with van der Waals surface area (Å²) in [5.74, 6) is -0.758. The molecule has 5 nitrogen and oxygen atoms in total. The van der Waals surface area contributed by atoms with Crippen LogP contribution in [0.1, 0.15) is 24.2 Å². The van der Waals surface area contributed by atoms with Gasteiger partial charge in [-0.2, -0.15) is 0 Å². The van der Waals surface area contributed by atoms with Crippen molar-refractivity contribution in [3.8, 4) is 5.75 Å². The molecule has 1 aromatic rings. The third-order valence-electron chi connectivity index (χ3n) is 2.01. The second-order valence-electron chi connectivity index (χ2n) is 3.73. The van der Waals surface area contributed by atoms with Crippen molar-refractivity contribution in [3.63, 3.8) is 0 Å². The molecule has 100 valence electrons. The van der Waals surface area contributed by atoms with Gasteiger partial charge in [0.2, 0.25) is 0 Å². The van der Waals surface area contributed by atoms with Crippen molar-refractivity contribution in [3.05, 3.63) is 23.8 Å². The van der Waals surface area contributed by atoms with Gasteiger partial charge in [0.05, 0.1) is 18.8 Å². The Morgan fingerprint density at radius 1 is 1.33 bits per heavy atom. The molecule has 0 spiro atoms. The van der Waals surface area contributed by atoms with Gasteiger partial charge in [0, 0.05) is 10.7 Å². The topological polar surface area (TPSA) is 69.7 Å². The SMILES string of the molecule is COc1cccc(C(=O)OC(C)C)c1S(=O)(=O)Cl. The van der Waals surface area contributed by atoms with Gasteiger partial charge in [0.25, 0.3) is 9.05 Å². The molecule has 0 N–H and O–H groups in total. The molecule has 0 amide bonds. The zero-order chi connectivity index (χ0) is 13.9. The van der Waals surface area contributed by atoms with Crippen LogP contribution in [0.25, 0.3) is 0 Å². The zero-order valence-corrected chi connectivity index (χ0v) is 11.7. The van der Waals surface area contributed by atoms with Gasteiger partial charge in [0.15, 0.2) is 0 Å². The molecule has 0 saturated heterocycles. The van der Waals surface area contributed by atoms with Gasteiger partial charge in [0.1, 0.15) is 10.6 Å². The van der Waals surface area contributed by atoms with Gasteiger partial charge >= 0.3 is 5.97 Å². The predicted octanol–water partition coefficient (Wildman–Crippen LogP) is 2.19. The first-order valence-electron chi connectivity index (χ1n) is 5.10. The van der Waals surface area contributed by atoms with Crippen LogP contribution < -0.4 is 4.74 Å². The largest absolute Gasteiger partial charge is 0.495 e. The number of carbonyl (C=O) groups excluding carboxylic acids is 1. The number of benzene rings is 1. The number of carbonyl (C=O) groups is 1. The normalized spacial score (nSPS) is 11.4. The third kappa shape index (κ3) is 3.36. The van der Waals surface area contributed by atoms with Crippen LogP contribution in [0.3, 0.4) is 0 Å². The molecule has 0 aliphatic carbocycles. The lowest BCUT2D eigenvalue weighted by Gasteiger charge is -2.12. The van der Waals surface area contributed by atoms with E-state index in [-0.39, 0.29) is 22.3 Å². The second-order valence-corrected chi connectivity index (χ2v) is 6.23. The molecule has 0 aliphatic rings. The Kier molecular flexibility index (Phi) is 4.59. The van der Waals surface area contributed by atoms with E-state index in [0.29, 0.717) is 0 Å². The van der Waals surface area contributed by atoms with E-state index in [9.17, 15) is 13.2 Å². The molecule has 1 rings (SSSR count). The number of hydrogen-bond acceptors (Lipinski definition) is 5. The molecule has 18 heavy (non-hydrogen) atoms. The number of hydrogen-bond donors (Lipinski definition) is 0. The molecule has 0 aromatic heterocycles. The van der Waals surface area contributed by atoms with Gasteiger partial charge in [-0.05, 0) is 26.0 Å². The highest BCUT2D eigenvalue weighted by atomic mass is 35.7. The third-order valence-corrected chi connectivity index (χ3v) is 3.38. The molecule has 0 unspecified atom stereocenters. The van der Waals surface area contributed by atoms with Gasteiger partial charge < -0.3 is 9.47 Å². The van der Waals surface area contributed by atoms with Gasteiger partial charge in [-0.25, -0.2) is 13.2 Å². The van der Waals surface area contributed by atoms with E-state index in [4.69, 9.17) is 20.2 Å². The fourth-order valence-electron chi connectivity index (χ4n) is 1.37. The van der Waals surface area contributed by atoms with Crippen LogP contribution in [0.2, 0.25) is 0 Å². The molecule has 0 radical (unpaired) electrons. The summed E-state index contributed by atoms with van der Waals surface area (Å²) in [7, 11) is 2.49. The lowest BCUT2D eigenvalue weighted by molar-refractivity contribution is 0.0372. The van der Waals surface area contributed by atoms with Crippen LogP contribution in [0.4, 0.5) is 0 Å². The highest BCUT2D eigenvalue weighted by Gasteiger charge is 2.26. The standard InChI is InChI=1S/C11H13ClO5S/c1-7(2)17-11(13)8-5-4-6-9(16-3)10(8)18(12,14)15/h4-7H,1-3H3. The van der Waals surface area contributed by atoms with Crippen molar-refractivity contribution in [2.24, 2.45) is 0 Å². The second kappa shape index (κ2) is 5.58. The average Bonchev–Trinajstić information content (AvgIpc) is 2.25. The van der Waals surface area contributed by atoms with Crippen LogP contribution in [-0.4, -0.2) is 27.6 Å². The minimum Gasteiger partial charge on any atom is -0.495 e. The molecule has 7 heteroatoms. The summed E-state index contributed by atoms with van der Waals surface area (Å²) in [6.45, 7) is 3.32. The van der Waals surface area contributed by atoms with E-state index in [0.717, 1.165) is 0 Å². The van der Waals surface area contributed by atoms with Crippen molar-refractivity contribution in [2.45, 2.75) is 24.8 Å². The Morgan fingerprint density at radius 2 is 1.94 bits per heavy atom. The first-order valence-corrected chi connectivity index (χ1v) is 7.41. The fraction of sp³-hybridized carbons (Fsp3) is 0.364. The quantitative estimate of drug-likeness (QED) is 0.628. The van der Waals surface area contributed by atoms with Gasteiger partial charge in [-0.3, -0.25) is 0 Å². The van der Waals surface area contributed by atoms with Crippen molar-refractivity contribution in [2.75, 3.05) is 7.11 Å². The van der Waals surface area contributed by atoms with Crippen molar-refractivity contribution < 1.29 is 22.7 Å². The number of rotatable bonds is 4. The lowest BCUT2D eigenvalue weighted by atomic mass is 10.2. The van der Waals surface area contributed by atoms with Gasteiger partial charge in [-0.1, -0.05) is 6.07 Å². The monoisotopic (exact) mass is 292 g/mol. The Hall–Kier alpha value is -1.27. The molecule has 0 saturated carbocycles. The first-order chi connectivity index (χ1) is 8.27. The summed E-state index contributed by atoms with van der Waals surface area (Å²) < 4.78 is 32.9. The van der Waals surface area contributed by atoms with E-state index in [1.807, 2.05) is 0 Å². The summed E-state index contributed by atoms with van der Waals surface area (Å²) in [5, 5.41) is 0. The maximum Gasteiger partial charge on any atom is 0.339 e. The number of methoxy groups -OCH3 is 1. The van der Waals surface area contributed by atoms with Crippen LogP contribution in [-0.2, 0) is 13.8 Å². The van der Waals surface area contributed by atoms with Crippen molar-refractivity contribution >= 4 is 25.7 Å². The Morgan fingerprint density at radius 3 is 2.39 bits per heavy atom. The van der Waals surface area contributed by atoms with E-state index < -0.39 is 15.0 Å². The number of esters is 1. The van der Waals surface area contributed by atoms with E-state index in [1.54, 1.807) is 13.8 Å².